The molecule has 0 aliphatic rings. The van der Waals surface area contributed by atoms with E-state index < -0.39 is 0 Å². The van der Waals surface area contributed by atoms with Gasteiger partial charge in [-0.15, -0.1) is 0 Å². The topological polar surface area (TPSA) is 14.1 Å². The summed E-state index contributed by atoms with van der Waals surface area (Å²) in [4.78, 5) is 0. The Kier molecular flexibility index (Phi) is 5.10. The van der Waals surface area contributed by atoms with Crippen molar-refractivity contribution in [2.75, 3.05) is 6.54 Å². The minimum absolute atomic E-state index is 0.884. The minimum atomic E-state index is 0.884. The van der Waals surface area contributed by atoms with Crippen molar-refractivity contribution in [2.45, 2.75) is 19.8 Å². The minimum Gasteiger partial charge on any atom is -0.285 e. The molecular formula is C22H22N. The van der Waals surface area contributed by atoms with Crippen LogP contribution in [0.1, 0.15) is 19.8 Å². The van der Waals surface area contributed by atoms with E-state index in [9.17, 15) is 0 Å². The van der Waals surface area contributed by atoms with Gasteiger partial charge in [-0.25, -0.2) is 0 Å². The third kappa shape index (κ3) is 3.62. The van der Waals surface area contributed by atoms with Crippen molar-refractivity contribution in [1.29, 1.82) is 0 Å². The molecule has 0 spiro atoms. The van der Waals surface area contributed by atoms with Crippen molar-refractivity contribution >= 4 is 5.69 Å². The first-order valence-corrected chi connectivity index (χ1v) is 8.31. The normalized spacial score (nSPS) is 10.5. The number of nitrogens with zero attached hydrogens (tertiary/aromatic N) is 1. The first-order chi connectivity index (χ1) is 11.4. The summed E-state index contributed by atoms with van der Waals surface area (Å²) in [6, 6.07) is 27.6. The molecule has 0 unspecified atom stereocenters. The zero-order chi connectivity index (χ0) is 15.9. The Bertz CT molecular complexity index is 732. The van der Waals surface area contributed by atoms with E-state index in [1.165, 1.54) is 28.7 Å². The van der Waals surface area contributed by atoms with Crippen LogP contribution >= 0.6 is 0 Å². The van der Waals surface area contributed by atoms with Crippen LogP contribution in [0.5, 0.6) is 0 Å². The number of hydrogen-bond acceptors (Lipinski definition) is 0. The molecule has 0 bridgehead atoms. The van der Waals surface area contributed by atoms with Gasteiger partial charge in [0, 0.05) is 12.1 Å². The Hall–Kier alpha value is -2.54. The molecule has 23 heavy (non-hydrogen) atoms. The molecule has 0 heterocycles. The highest BCUT2D eigenvalue weighted by Crippen LogP contribution is 2.37. The van der Waals surface area contributed by atoms with Crippen LogP contribution in [0, 0.1) is 0 Å². The van der Waals surface area contributed by atoms with Crippen LogP contribution < -0.4 is 5.32 Å². The second-order valence-electron chi connectivity index (χ2n) is 5.67. The summed E-state index contributed by atoms with van der Waals surface area (Å²) >= 11 is 0. The van der Waals surface area contributed by atoms with E-state index in [1.807, 2.05) is 0 Å². The molecule has 0 amide bonds. The fourth-order valence-electron chi connectivity index (χ4n) is 2.80. The van der Waals surface area contributed by atoms with Gasteiger partial charge in [-0.1, -0.05) is 86.1 Å². The zero-order valence-electron chi connectivity index (χ0n) is 13.6. The molecule has 1 nitrogen and oxygen atoms in total. The lowest BCUT2D eigenvalue weighted by atomic mass is 9.93. The predicted octanol–water partition coefficient (Wildman–Crippen LogP) is 6.06. The molecule has 0 aliphatic carbocycles. The van der Waals surface area contributed by atoms with E-state index in [1.54, 1.807) is 0 Å². The molecular weight excluding hydrogens is 278 g/mol. The summed E-state index contributed by atoms with van der Waals surface area (Å²) < 4.78 is 0. The molecule has 1 radical (unpaired) electrons. The van der Waals surface area contributed by atoms with Gasteiger partial charge in [-0.05, 0) is 29.2 Å². The van der Waals surface area contributed by atoms with Gasteiger partial charge in [0.25, 0.3) is 0 Å². The summed E-state index contributed by atoms with van der Waals surface area (Å²) in [7, 11) is 0. The van der Waals surface area contributed by atoms with Gasteiger partial charge in [0.15, 0.2) is 0 Å². The van der Waals surface area contributed by atoms with E-state index in [-0.39, 0.29) is 0 Å². The highest BCUT2D eigenvalue weighted by Gasteiger charge is 2.12. The van der Waals surface area contributed by atoms with Crippen molar-refractivity contribution in [3.05, 3.63) is 78.9 Å². The van der Waals surface area contributed by atoms with Crippen LogP contribution in [-0.4, -0.2) is 6.54 Å². The van der Waals surface area contributed by atoms with Crippen molar-refractivity contribution < 1.29 is 0 Å². The Labute approximate surface area is 139 Å². The Morgan fingerprint density at radius 1 is 0.696 bits per heavy atom. The molecule has 0 aromatic heterocycles. The smallest absolute Gasteiger partial charge is 0.0658 e. The van der Waals surface area contributed by atoms with Crippen LogP contribution in [0.15, 0.2) is 78.9 Å². The predicted molar refractivity (Wildman–Crippen MR) is 98.9 cm³/mol. The van der Waals surface area contributed by atoms with E-state index in [4.69, 9.17) is 5.32 Å². The van der Waals surface area contributed by atoms with Crippen molar-refractivity contribution in [3.63, 3.8) is 0 Å². The van der Waals surface area contributed by atoms with Crippen molar-refractivity contribution in [3.8, 4) is 22.3 Å². The maximum absolute atomic E-state index is 4.86. The third-order valence-corrected chi connectivity index (χ3v) is 3.98. The van der Waals surface area contributed by atoms with Gasteiger partial charge in [0.2, 0.25) is 0 Å². The first-order valence-electron chi connectivity index (χ1n) is 8.31. The Morgan fingerprint density at radius 2 is 1.35 bits per heavy atom. The summed E-state index contributed by atoms with van der Waals surface area (Å²) in [5, 5.41) is 4.86. The second-order valence-corrected chi connectivity index (χ2v) is 5.67. The summed E-state index contributed by atoms with van der Waals surface area (Å²) in [5.41, 5.74) is 6.03. The quantitative estimate of drug-likeness (QED) is 0.491. The van der Waals surface area contributed by atoms with Crippen molar-refractivity contribution in [1.82, 2.24) is 5.32 Å². The lowest BCUT2D eigenvalue weighted by Crippen LogP contribution is -2.02. The molecule has 3 aromatic carbocycles. The zero-order valence-corrected chi connectivity index (χ0v) is 13.6. The SMILES string of the molecule is CCCC[N]c1cccc(-c2ccccc2)c1-c1ccccc1. The Balaban J connectivity index is 2.10. The maximum Gasteiger partial charge on any atom is 0.0658 e. The van der Waals surface area contributed by atoms with E-state index in [0.717, 1.165) is 18.7 Å². The summed E-state index contributed by atoms with van der Waals surface area (Å²) in [6.45, 7) is 3.09. The number of unbranched alkanes of at least 4 members (excludes halogenated alkanes) is 1. The van der Waals surface area contributed by atoms with Gasteiger partial charge in [-0.2, -0.15) is 0 Å². The number of rotatable bonds is 6. The molecule has 0 saturated heterocycles. The Morgan fingerprint density at radius 3 is 2.00 bits per heavy atom. The molecule has 115 valence electrons. The van der Waals surface area contributed by atoms with Gasteiger partial charge in [-0.3, -0.25) is 5.32 Å². The third-order valence-electron chi connectivity index (χ3n) is 3.98. The van der Waals surface area contributed by atoms with Gasteiger partial charge in [0.05, 0.1) is 5.69 Å². The van der Waals surface area contributed by atoms with E-state index >= 15 is 0 Å². The molecule has 3 rings (SSSR count). The monoisotopic (exact) mass is 300 g/mol. The highest BCUT2D eigenvalue weighted by molar-refractivity contribution is 5.90. The average Bonchev–Trinajstić information content (AvgIpc) is 2.63. The largest absolute Gasteiger partial charge is 0.285 e. The fourth-order valence-corrected chi connectivity index (χ4v) is 2.80. The molecule has 0 fully saturated rings. The summed E-state index contributed by atoms with van der Waals surface area (Å²) in [6.07, 6.45) is 2.30. The fraction of sp³-hybridized carbons (Fsp3) is 0.182. The van der Waals surface area contributed by atoms with Crippen LogP contribution in [0.2, 0.25) is 0 Å². The van der Waals surface area contributed by atoms with E-state index in [2.05, 4.69) is 85.8 Å². The first kappa shape index (κ1) is 15.4. The van der Waals surface area contributed by atoms with Crippen molar-refractivity contribution in [2.24, 2.45) is 0 Å². The number of benzene rings is 3. The average molecular weight is 300 g/mol. The highest BCUT2D eigenvalue weighted by atomic mass is 14.9. The molecule has 1 heteroatoms. The van der Waals surface area contributed by atoms with Gasteiger partial charge in [0.1, 0.15) is 0 Å². The number of hydrogen-bond donors (Lipinski definition) is 0. The van der Waals surface area contributed by atoms with E-state index in [0.29, 0.717) is 0 Å². The van der Waals surface area contributed by atoms with Crippen LogP contribution in [-0.2, 0) is 0 Å². The standard InChI is InChI=1S/C22H22N/c1-2-3-17-23-21-16-10-15-20(18-11-6-4-7-12-18)22(21)19-13-8-5-9-14-19/h4-16H,2-3,17H2,1H3. The lowest BCUT2D eigenvalue weighted by molar-refractivity contribution is 0.733. The van der Waals surface area contributed by atoms with Gasteiger partial charge >= 0.3 is 0 Å². The maximum atomic E-state index is 4.86. The van der Waals surface area contributed by atoms with Crippen LogP contribution in [0.25, 0.3) is 22.3 Å². The molecule has 0 saturated carbocycles. The lowest BCUT2D eigenvalue weighted by Gasteiger charge is -2.15. The van der Waals surface area contributed by atoms with Crippen LogP contribution in [0.4, 0.5) is 5.69 Å². The second kappa shape index (κ2) is 7.64. The van der Waals surface area contributed by atoms with Crippen LogP contribution in [0.3, 0.4) is 0 Å². The molecule has 0 atom stereocenters. The molecule has 0 N–H and O–H groups in total. The van der Waals surface area contributed by atoms with Gasteiger partial charge < -0.3 is 0 Å². The molecule has 3 aromatic rings. The molecule has 0 aliphatic heterocycles. The summed E-state index contributed by atoms with van der Waals surface area (Å²) in [5.74, 6) is 0.